The van der Waals surface area contributed by atoms with Crippen LogP contribution in [0.25, 0.3) is 0 Å². The predicted molar refractivity (Wildman–Crippen MR) is 76.2 cm³/mol. The first kappa shape index (κ1) is 19.8. The number of carbonyl (C=O) groups excluding carboxylic acids is 4. The summed E-state index contributed by atoms with van der Waals surface area (Å²) in [5.41, 5.74) is 0. The average molecular weight is 347 g/mol. The number of hydrogen-bond acceptors (Lipinski definition) is 9. The van der Waals surface area contributed by atoms with Crippen LogP contribution in [0.15, 0.2) is 0 Å². The molecule has 0 spiro atoms. The molecule has 0 aromatic heterocycles. The molecule has 136 valence electrons. The molecule has 1 rings (SSSR count). The molecule has 1 saturated heterocycles. The molecule has 10 nitrogen and oxygen atoms in total. The summed E-state index contributed by atoms with van der Waals surface area (Å²) in [5, 5.41) is 12.5. The SMILES string of the molecule is CC(=O)NC1C(OC(C)=O)[C@H](O)OC(COC(C)=O)[C@H]1OC(C)=O. The number of rotatable bonds is 5. The van der Waals surface area contributed by atoms with Gasteiger partial charge in [0.2, 0.25) is 5.91 Å². The summed E-state index contributed by atoms with van der Waals surface area (Å²) >= 11 is 0. The monoisotopic (exact) mass is 347 g/mol. The van der Waals surface area contributed by atoms with Gasteiger partial charge in [0.05, 0.1) is 0 Å². The molecule has 0 aromatic rings. The number of carbonyl (C=O) groups is 4. The summed E-state index contributed by atoms with van der Waals surface area (Å²) in [6, 6.07) is -1.08. The smallest absolute Gasteiger partial charge is 0.303 e. The van der Waals surface area contributed by atoms with Crippen molar-refractivity contribution in [2.24, 2.45) is 0 Å². The highest BCUT2D eigenvalue weighted by Gasteiger charge is 2.50. The van der Waals surface area contributed by atoms with E-state index in [0.717, 1.165) is 13.8 Å². The Morgan fingerprint density at radius 2 is 1.50 bits per heavy atom. The highest BCUT2D eigenvalue weighted by molar-refractivity contribution is 5.74. The predicted octanol–water partition coefficient (Wildman–Crippen LogP) is -1.37. The first-order chi connectivity index (χ1) is 11.1. The van der Waals surface area contributed by atoms with E-state index in [0.29, 0.717) is 0 Å². The molecule has 1 fully saturated rings. The zero-order valence-corrected chi connectivity index (χ0v) is 13.8. The van der Waals surface area contributed by atoms with E-state index in [2.05, 4.69) is 5.32 Å². The van der Waals surface area contributed by atoms with E-state index in [1.165, 1.54) is 13.8 Å². The van der Waals surface area contributed by atoms with Crippen LogP contribution in [0.4, 0.5) is 0 Å². The van der Waals surface area contributed by atoms with Crippen molar-refractivity contribution in [3.8, 4) is 0 Å². The van der Waals surface area contributed by atoms with Crippen molar-refractivity contribution in [1.82, 2.24) is 5.32 Å². The number of ether oxygens (including phenoxy) is 4. The number of amides is 1. The maximum Gasteiger partial charge on any atom is 0.303 e. The molecule has 2 N–H and O–H groups in total. The molecule has 5 atom stereocenters. The third-order valence-electron chi connectivity index (χ3n) is 3.09. The Labute approximate surface area is 138 Å². The normalized spacial score (nSPS) is 29.3. The van der Waals surface area contributed by atoms with Crippen LogP contribution in [-0.4, -0.2) is 66.2 Å². The summed E-state index contributed by atoms with van der Waals surface area (Å²) in [6.45, 7) is 4.31. The molecule has 0 bridgehead atoms. The van der Waals surface area contributed by atoms with Crippen LogP contribution in [0.1, 0.15) is 27.7 Å². The van der Waals surface area contributed by atoms with Crippen molar-refractivity contribution in [3.05, 3.63) is 0 Å². The highest BCUT2D eigenvalue weighted by Crippen LogP contribution is 2.25. The fourth-order valence-corrected chi connectivity index (χ4v) is 2.33. The topological polar surface area (TPSA) is 137 Å². The molecule has 0 saturated carbocycles. The Morgan fingerprint density at radius 1 is 0.958 bits per heavy atom. The van der Waals surface area contributed by atoms with Gasteiger partial charge in [0.1, 0.15) is 18.8 Å². The highest BCUT2D eigenvalue weighted by atomic mass is 16.7. The Bertz CT molecular complexity index is 506. The van der Waals surface area contributed by atoms with Gasteiger partial charge >= 0.3 is 17.9 Å². The zero-order chi connectivity index (χ0) is 18.4. The zero-order valence-electron chi connectivity index (χ0n) is 13.8. The van der Waals surface area contributed by atoms with Gasteiger partial charge in [0, 0.05) is 27.7 Å². The van der Waals surface area contributed by atoms with Crippen molar-refractivity contribution in [3.63, 3.8) is 0 Å². The molecule has 3 unspecified atom stereocenters. The lowest BCUT2D eigenvalue weighted by Gasteiger charge is -2.43. The lowest BCUT2D eigenvalue weighted by Crippen LogP contribution is -2.66. The summed E-state index contributed by atoms with van der Waals surface area (Å²) < 4.78 is 20.2. The minimum Gasteiger partial charge on any atom is -0.463 e. The molecule has 24 heavy (non-hydrogen) atoms. The fourth-order valence-electron chi connectivity index (χ4n) is 2.33. The van der Waals surface area contributed by atoms with E-state index >= 15 is 0 Å². The summed E-state index contributed by atoms with van der Waals surface area (Å²) in [6.07, 6.45) is -5.11. The van der Waals surface area contributed by atoms with Gasteiger partial charge in [0.25, 0.3) is 0 Å². The van der Waals surface area contributed by atoms with Crippen LogP contribution >= 0.6 is 0 Å². The van der Waals surface area contributed by atoms with Crippen molar-refractivity contribution in [1.29, 1.82) is 0 Å². The lowest BCUT2D eigenvalue weighted by molar-refractivity contribution is -0.271. The Kier molecular flexibility index (Phi) is 7.11. The molecule has 0 radical (unpaired) electrons. The molecule has 0 aromatic carbocycles. The summed E-state index contributed by atoms with van der Waals surface area (Å²) in [4.78, 5) is 45.0. The van der Waals surface area contributed by atoms with E-state index in [4.69, 9.17) is 18.9 Å². The van der Waals surface area contributed by atoms with Crippen LogP contribution in [0.3, 0.4) is 0 Å². The number of aliphatic hydroxyl groups is 1. The van der Waals surface area contributed by atoms with Gasteiger partial charge in [-0.05, 0) is 0 Å². The van der Waals surface area contributed by atoms with E-state index < -0.39 is 54.5 Å². The maximum atomic E-state index is 11.5. The molecule has 1 aliphatic heterocycles. The second kappa shape index (κ2) is 8.60. The van der Waals surface area contributed by atoms with Crippen LogP contribution < -0.4 is 5.32 Å². The van der Waals surface area contributed by atoms with E-state index in [-0.39, 0.29) is 6.61 Å². The first-order valence-electron chi connectivity index (χ1n) is 7.20. The largest absolute Gasteiger partial charge is 0.463 e. The van der Waals surface area contributed by atoms with Gasteiger partial charge in [-0.15, -0.1) is 0 Å². The van der Waals surface area contributed by atoms with Crippen molar-refractivity contribution >= 4 is 23.8 Å². The molecule has 1 heterocycles. The Morgan fingerprint density at radius 3 is 1.96 bits per heavy atom. The second-order valence-electron chi connectivity index (χ2n) is 5.24. The lowest BCUT2D eigenvalue weighted by atomic mass is 9.95. The average Bonchev–Trinajstić information content (AvgIpc) is 2.42. The van der Waals surface area contributed by atoms with Gasteiger partial charge in [0.15, 0.2) is 18.5 Å². The number of hydrogen-bond donors (Lipinski definition) is 2. The molecular formula is C14H21NO9. The molecular weight excluding hydrogens is 326 g/mol. The summed E-state index contributed by atoms with van der Waals surface area (Å²) in [7, 11) is 0. The van der Waals surface area contributed by atoms with Crippen LogP contribution in [0, 0.1) is 0 Å². The second-order valence-corrected chi connectivity index (χ2v) is 5.24. The van der Waals surface area contributed by atoms with Crippen molar-refractivity contribution < 1.29 is 43.2 Å². The van der Waals surface area contributed by atoms with E-state index in [9.17, 15) is 24.3 Å². The van der Waals surface area contributed by atoms with Crippen LogP contribution in [0.5, 0.6) is 0 Å². The third kappa shape index (κ3) is 5.78. The standard InChI is InChI=1S/C14H21NO9/c1-6(16)15-11-12(22-8(3)18)10(5-21-7(2)17)24-14(20)13(11)23-9(4)19/h10-14,20H,5H2,1-4H3,(H,15,16)/t10?,11?,12-,13?,14-/m1/s1. The van der Waals surface area contributed by atoms with Crippen LogP contribution in [0.2, 0.25) is 0 Å². The van der Waals surface area contributed by atoms with Gasteiger partial charge in [-0.25, -0.2) is 0 Å². The first-order valence-corrected chi connectivity index (χ1v) is 7.20. The number of nitrogens with one attached hydrogen (secondary N) is 1. The van der Waals surface area contributed by atoms with Gasteiger partial charge < -0.3 is 29.4 Å². The summed E-state index contributed by atoms with van der Waals surface area (Å²) in [5.74, 6) is -2.52. The van der Waals surface area contributed by atoms with Gasteiger partial charge in [-0.1, -0.05) is 0 Å². The Hall–Kier alpha value is -2.20. The van der Waals surface area contributed by atoms with Crippen molar-refractivity contribution in [2.45, 2.75) is 58.3 Å². The van der Waals surface area contributed by atoms with Gasteiger partial charge in [-0.3, -0.25) is 19.2 Å². The Balaban J connectivity index is 3.11. The molecule has 1 amide bonds. The minimum atomic E-state index is -1.61. The minimum absolute atomic E-state index is 0.326. The molecule has 10 heteroatoms. The van der Waals surface area contributed by atoms with Crippen LogP contribution in [-0.2, 0) is 38.1 Å². The van der Waals surface area contributed by atoms with Crippen molar-refractivity contribution in [2.75, 3.05) is 6.61 Å². The van der Waals surface area contributed by atoms with E-state index in [1.54, 1.807) is 0 Å². The van der Waals surface area contributed by atoms with Gasteiger partial charge in [-0.2, -0.15) is 0 Å². The molecule has 0 aliphatic carbocycles. The molecule has 1 aliphatic rings. The quantitative estimate of drug-likeness (QED) is 0.456. The van der Waals surface area contributed by atoms with E-state index in [1.807, 2.05) is 0 Å². The maximum absolute atomic E-state index is 11.5. The third-order valence-corrected chi connectivity index (χ3v) is 3.09. The number of aliphatic hydroxyl groups excluding tert-OH is 1. The number of esters is 3. The fraction of sp³-hybridized carbons (Fsp3) is 0.714.